The van der Waals surface area contributed by atoms with Crippen LogP contribution >= 0.6 is 0 Å². The maximum atomic E-state index is 12.7. The van der Waals surface area contributed by atoms with Crippen molar-refractivity contribution < 1.29 is 9.72 Å². The normalized spacial score (nSPS) is 10.9. The van der Waals surface area contributed by atoms with Gasteiger partial charge in [0.1, 0.15) is 12.4 Å². The molecule has 2 heterocycles. The van der Waals surface area contributed by atoms with Crippen LogP contribution in [0.25, 0.3) is 10.8 Å². The van der Waals surface area contributed by atoms with Crippen molar-refractivity contribution in [2.45, 2.75) is 13.1 Å². The number of nitrogens with zero attached hydrogens (tertiary/aromatic N) is 5. The molecule has 0 aliphatic heterocycles. The van der Waals surface area contributed by atoms with Crippen LogP contribution in [0.5, 0.6) is 0 Å². The second-order valence-electron chi connectivity index (χ2n) is 7.87. The molecule has 5 rings (SSSR count). The molecule has 0 aliphatic rings. The van der Waals surface area contributed by atoms with Gasteiger partial charge in [0.05, 0.1) is 29.9 Å². The van der Waals surface area contributed by atoms with Gasteiger partial charge in [-0.2, -0.15) is 10.2 Å². The van der Waals surface area contributed by atoms with E-state index in [1.807, 2.05) is 18.2 Å². The molecule has 0 saturated heterocycles. The van der Waals surface area contributed by atoms with E-state index >= 15 is 0 Å². The van der Waals surface area contributed by atoms with Crippen LogP contribution in [0, 0.1) is 10.1 Å². The molecule has 1 amide bonds. The summed E-state index contributed by atoms with van der Waals surface area (Å²) in [5.74, 6) is -0.244. The molecule has 34 heavy (non-hydrogen) atoms. The highest BCUT2D eigenvalue weighted by Gasteiger charge is 2.11. The fraction of sp³-hybridized carbons (Fsp3) is 0.0800. The zero-order valence-electron chi connectivity index (χ0n) is 18.0. The van der Waals surface area contributed by atoms with E-state index in [2.05, 4.69) is 39.8 Å². The van der Waals surface area contributed by atoms with Crippen LogP contribution in [0.2, 0.25) is 0 Å². The highest BCUT2D eigenvalue weighted by molar-refractivity contribution is 6.04. The molecular weight excluding hydrogens is 432 g/mol. The predicted molar refractivity (Wildman–Crippen MR) is 128 cm³/mol. The Bertz CT molecular complexity index is 1480. The molecule has 0 radical (unpaired) electrons. The summed E-state index contributed by atoms with van der Waals surface area (Å²) in [6.07, 6.45) is 6.01. The summed E-state index contributed by atoms with van der Waals surface area (Å²) in [5, 5.41) is 24.4. The maximum Gasteiger partial charge on any atom is 0.307 e. The summed E-state index contributed by atoms with van der Waals surface area (Å²) in [5.41, 5.74) is 3.07. The molecule has 0 fully saturated rings. The highest BCUT2D eigenvalue weighted by atomic mass is 16.6. The lowest BCUT2D eigenvalue weighted by atomic mass is 10.0. The first kappa shape index (κ1) is 21.1. The Balaban J connectivity index is 1.23. The summed E-state index contributed by atoms with van der Waals surface area (Å²) < 4.78 is 3.28. The minimum Gasteiger partial charge on any atom is -0.319 e. The van der Waals surface area contributed by atoms with Crippen LogP contribution in [0.3, 0.4) is 0 Å². The van der Waals surface area contributed by atoms with Crippen molar-refractivity contribution in [2.75, 3.05) is 5.32 Å². The second kappa shape index (κ2) is 8.99. The van der Waals surface area contributed by atoms with Crippen molar-refractivity contribution >= 4 is 28.1 Å². The molecule has 0 unspecified atom stereocenters. The van der Waals surface area contributed by atoms with Gasteiger partial charge in [-0.25, -0.2) is 0 Å². The quantitative estimate of drug-likeness (QED) is 0.289. The molecule has 1 N–H and O–H groups in total. The van der Waals surface area contributed by atoms with Gasteiger partial charge >= 0.3 is 5.69 Å². The number of aromatic nitrogens is 4. The molecule has 168 valence electrons. The lowest BCUT2D eigenvalue weighted by molar-refractivity contribution is -0.385. The number of amides is 1. The Hall–Kier alpha value is -4.79. The summed E-state index contributed by atoms with van der Waals surface area (Å²) >= 11 is 0. The standard InChI is InChI=1S/C25H20N6O3/c32-25(20-10-8-18(9-11-20)14-29-17-23(13-27-29)31(33)34)28-22-12-26-30(16-22)15-21-6-3-5-19-4-1-2-7-24(19)21/h1-13,16-17H,14-15H2,(H,28,32). The third-order valence-corrected chi connectivity index (χ3v) is 5.49. The van der Waals surface area contributed by atoms with Crippen molar-refractivity contribution in [2.24, 2.45) is 0 Å². The monoisotopic (exact) mass is 452 g/mol. The Labute approximate surface area is 194 Å². The van der Waals surface area contributed by atoms with Gasteiger partial charge in [-0.15, -0.1) is 0 Å². The number of fused-ring (bicyclic) bond motifs is 1. The molecule has 9 nitrogen and oxygen atoms in total. The van der Waals surface area contributed by atoms with Crippen molar-refractivity contribution in [3.05, 3.63) is 118 Å². The van der Waals surface area contributed by atoms with Gasteiger partial charge in [0.25, 0.3) is 5.91 Å². The average Bonchev–Trinajstić information content (AvgIpc) is 3.49. The molecule has 5 aromatic rings. The topological polar surface area (TPSA) is 108 Å². The first-order valence-electron chi connectivity index (χ1n) is 10.6. The number of hydrogen-bond acceptors (Lipinski definition) is 5. The lowest BCUT2D eigenvalue weighted by Crippen LogP contribution is -2.11. The van der Waals surface area contributed by atoms with Crippen LogP contribution in [0.4, 0.5) is 11.4 Å². The van der Waals surface area contributed by atoms with Crippen molar-refractivity contribution in [3.8, 4) is 0 Å². The molecule has 2 aromatic heterocycles. The van der Waals surface area contributed by atoms with E-state index in [4.69, 9.17) is 0 Å². The minimum absolute atomic E-state index is 0.0583. The number of nitro groups is 1. The van der Waals surface area contributed by atoms with Gasteiger partial charge in [-0.1, -0.05) is 54.6 Å². The number of rotatable bonds is 7. The first-order valence-corrected chi connectivity index (χ1v) is 10.6. The van der Waals surface area contributed by atoms with E-state index in [0.717, 1.165) is 11.1 Å². The van der Waals surface area contributed by atoms with Gasteiger partial charge in [0.2, 0.25) is 0 Å². The molecule has 3 aromatic carbocycles. The zero-order chi connectivity index (χ0) is 23.5. The van der Waals surface area contributed by atoms with Crippen LogP contribution in [-0.4, -0.2) is 30.4 Å². The van der Waals surface area contributed by atoms with E-state index in [0.29, 0.717) is 24.3 Å². The maximum absolute atomic E-state index is 12.7. The molecule has 0 saturated carbocycles. The third kappa shape index (κ3) is 4.53. The summed E-state index contributed by atoms with van der Waals surface area (Å²) in [6.45, 7) is 0.966. The highest BCUT2D eigenvalue weighted by Crippen LogP contribution is 2.20. The van der Waals surface area contributed by atoms with Crippen LogP contribution in [0.15, 0.2) is 91.5 Å². The van der Waals surface area contributed by atoms with E-state index < -0.39 is 4.92 Å². The Morgan fingerprint density at radius 3 is 2.41 bits per heavy atom. The second-order valence-corrected chi connectivity index (χ2v) is 7.87. The first-order chi connectivity index (χ1) is 16.5. The van der Waals surface area contributed by atoms with Crippen molar-refractivity contribution in [1.82, 2.24) is 19.6 Å². The third-order valence-electron chi connectivity index (χ3n) is 5.49. The molecule has 0 spiro atoms. The Morgan fingerprint density at radius 2 is 1.62 bits per heavy atom. The van der Waals surface area contributed by atoms with E-state index in [1.54, 1.807) is 41.3 Å². The minimum atomic E-state index is -0.485. The number of benzene rings is 3. The van der Waals surface area contributed by atoms with E-state index in [-0.39, 0.29) is 11.6 Å². The molecule has 0 atom stereocenters. The Morgan fingerprint density at radius 1 is 0.882 bits per heavy atom. The van der Waals surface area contributed by atoms with Crippen LogP contribution in [-0.2, 0) is 13.1 Å². The van der Waals surface area contributed by atoms with Gasteiger partial charge in [-0.3, -0.25) is 24.3 Å². The number of nitrogens with one attached hydrogen (secondary N) is 1. The van der Waals surface area contributed by atoms with Crippen molar-refractivity contribution in [3.63, 3.8) is 0 Å². The van der Waals surface area contributed by atoms with Gasteiger partial charge < -0.3 is 5.32 Å². The number of carbonyl (C=O) groups is 1. The number of hydrogen-bond donors (Lipinski definition) is 1. The largest absolute Gasteiger partial charge is 0.319 e. The fourth-order valence-corrected chi connectivity index (χ4v) is 3.80. The fourth-order valence-electron chi connectivity index (χ4n) is 3.80. The SMILES string of the molecule is O=C(Nc1cnn(Cc2cccc3ccccc23)c1)c1ccc(Cn2cc([N+](=O)[O-])cn2)cc1. The zero-order valence-corrected chi connectivity index (χ0v) is 18.0. The molecule has 0 bridgehead atoms. The average molecular weight is 452 g/mol. The molecule has 0 aliphatic carbocycles. The summed E-state index contributed by atoms with van der Waals surface area (Å²) in [7, 11) is 0. The van der Waals surface area contributed by atoms with E-state index in [1.165, 1.54) is 27.8 Å². The number of carbonyl (C=O) groups excluding carboxylic acids is 1. The molecule has 9 heteroatoms. The van der Waals surface area contributed by atoms with Gasteiger partial charge in [0, 0.05) is 11.8 Å². The Kier molecular flexibility index (Phi) is 5.57. The van der Waals surface area contributed by atoms with Gasteiger partial charge in [-0.05, 0) is 34.0 Å². The van der Waals surface area contributed by atoms with E-state index in [9.17, 15) is 14.9 Å². The van der Waals surface area contributed by atoms with Gasteiger partial charge in [0.15, 0.2) is 0 Å². The predicted octanol–water partition coefficient (Wildman–Crippen LogP) is 4.49. The van der Waals surface area contributed by atoms with Crippen molar-refractivity contribution in [1.29, 1.82) is 0 Å². The van der Waals surface area contributed by atoms with Crippen LogP contribution < -0.4 is 5.32 Å². The number of anilines is 1. The summed E-state index contributed by atoms with van der Waals surface area (Å²) in [6, 6.07) is 21.4. The molecular formula is C25H20N6O3. The lowest BCUT2D eigenvalue weighted by Gasteiger charge is -2.07. The van der Waals surface area contributed by atoms with Crippen LogP contribution in [0.1, 0.15) is 21.5 Å². The smallest absolute Gasteiger partial charge is 0.307 e. The summed E-state index contributed by atoms with van der Waals surface area (Å²) in [4.78, 5) is 23.0.